The van der Waals surface area contributed by atoms with Crippen LogP contribution < -0.4 is 4.90 Å². The van der Waals surface area contributed by atoms with Crippen LogP contribution in [-0.4, -0.2) is 64.2 Å². The molecule has 1 fully saturated rings. The molecule has 9 heteroatoms. The number of hydrogen-bond donors (Lipinski definition) is 0. The summed E-state index contributed by atoms with van der Waals surface area (Å²) in [5, 5.41) is 7.60. The van der Waals surface area contributed by atoms with E-state index in [0.29, 0.717) is 43.1 Å². The number of fused-ring (bicyclic) bond motifs is 1. The third-order valence-electron chi connectivity index (χ3n) is 4.68. The molecule has 0 radical (unpaired) electrons. The standard InChI is InChI=1S/C19H18FN5O3/c20-15-3-1-2-4-16(15)23-7-9-24(10-8-23)18(26)12-28-19(27)14-5-6-17-22-21-13-25(17)11-14/h1-6,11,13H,7-10,12H2. The molecule has 1 aliphatic rings. The first kappa shape index (κ1) is 17.9. The Kier molecular flexibility index (Phi) is 4.88. The molecule has 2 aromatic heterocycles. The number of nitrogens with zero attached hydrogens (tertiary/aromatic N) is 5. The van der Waals surface area contributed by atoms with Crippen LogP contribution in [0.4, 0.5) is 10.1 Å². The van der Waals surface area contributed by atoms with Gasteiger partial charge in [-0.25, -0.2) is 9.18 Å². The molecule has 1 saturated heterocycles. The highest BCUT2D eigenvalue weighted by Crippen LogP contribution is 2.20. The highest BCUT2D eigenvalue weighted by molar-refractivity contribution is 5.91. The van der Waals surface area contributed by atoms with Gasteiger partial charge >= 0.3 is 5.97 Å². The van der Waals surface area contributed by atoms with Gasteiger partial charge in [0.15, 0.2) is 12.3 Å². The van der Waals surface area contributed by atoms with Crippen LogP contribution in [0.15, 0.2) is 48.9 Å². The van der Waals surface area contributed by atoms with E-state index in [2.05, 4.69) is 10.2 Å². The topological polar surface area (TPSA) is 80.0 Å². The van der Waals surface area contributed by atoms with Crippen molar-refractivity contribution in [2.45, 2.75) is 0 Å². The van der Waals surface area contributed by atoms with E-state index in [9.17, 15) is 14.0 Å². The molecule has 1 amide bonds. The lowest BCUT2D eigenvalue weighted by atomic mass is 10.2. The van der Waals surface area contributed by atoms with Crippen molar-refractivity contribution in [3.8, 4) is 0 Å². The number of halogens is 1. The largest absolute Gasteiger partial charge is 0.452 e. The van der Waals surface area contributed by atoms with E-state index in [4.69, 9.17) is 4.74 Å². The summed E-state index contributed by atoms with van der Waals surface area (Å²) in [6, 6.07) is 9.79. The maximum atomic E-state index is 13.9. The summed E-state index contributed by atoms with van der Waals surface area (Å²) in [7, 11) is 0. The van der Waals surface area contributed by atoms with Crippen LogP contribution >= 0.6 is 0 Å². The number of carbonyl (C=O) groups is 2. The second-order valence-corrected chi connectivity index (χ2v) is 6.41. The normalized spacial score (nSPS) is 14.3. The average Bonchev–Trinajstić information content (AvgIpc) is 3.20. The van der Waals surface area contributed by atoms with Crippen LogP contribution in [0.2, 0.25) is 0 Å². The molecule has 144 valence electrons. The maximum Gasteiger partial charge on any atom is 0.340 e. The van der Waals surface area contributed by atoms with E-state index in [-0.39, 0.29) is 18.3 Å². The Morgan fingerprint density at radius 1 is 1.07 bits per heavy atom. The molecule has 0 saturated carbocycles. The van der Waals surface area contributed by atoms with E-state index in [0.717, 1.165) is 0 Å². The summed E-state index contributed by atoms with van der Waals surface area (Å²) in [6.45, 7) is 1.59. The van der Waals surface area contributed by atoms with Gasteiger partial charge in [-0.1, -0.05) is 12.1 Å². The van der Waals surface area contributed by atoms with E-state index in [1.165, 1.54) is 12.4 Å². The van der Waals surface area contributed by atoms with Crippen molar-refractivity contribution in [3.05, 3.63) is 60.3 Å². The Morgan fingerprint density at radius 2 is 1.86 bits per heavy atom. The van der Waals surface area contributed by atoms with Gasteiger partial charge < -0.3 is 14.5 Å². The van der Waals surface area contributed by atoms with Gasteiger partial charge in [0.25, 0.3) is 5.91 Å². The Labute approximate surface area is 160 Å². The Bertz CT molecular complexity index is 1010. The van der Waals surface area contributed by atoms with Crippen LogP contribution in [0.25, 0.3) is 5.65 Å². The fourth-order valence-electron chi connectivity index (χ4n) is 3.16. The number of amides is 1. The maximum absolute atomic E-state index is 13.9. The van der Waals surface area contributed by atoms with Crippen LogP contribution in [-0.2, 0) is 9.53 Å². The van der Waals surface area contributed by atoms with Crippen LogP contribution in [0.1, 0.15) is 10.4 Å². The molecule has 28 heavy (non-hydrogen) atoms. The zero-order valence-electron chi connectivity index (χ0n) is 15.0. The van der Waals surface area contributed by atoms with Gasteiger partial charge in [0.05, 0.1) is 11.3 Å². The summed E-state index contributed by atoms with van der Waals surface area (Å²) in [6.07, 6.45) is 3.03. The predicted molar refractivity (Wildman–Crippen MR) is 98.5 cm³/mol. The fourth-order valence-corrected chi connectivity index (χ4v) is 3.16. The lowest BCUT2D eigenvalue weighted by Gasteiger charge is -2.36. The number of esters is 1. The Hall–Kier alpha value is -3.49. The molecule has 0 N–H and O–H groups in total. The van der Waals surface area contributed by atoms with Crippen LogP contribution in [0.5, 0.6) is 0 Å². The molecular weight excluding hydrogens is 365 g/mol. The summed E-state index contributed by atoms with van der Waals surface area (Å²) in [4.78, 5) is 28.0. The van der Waals surface area contributed by atoms with E-state index in [1.54, 1.807) is 45.8 Å². The number of carbonyl (C=O) groups excluding carboxylic acids is 2. The van der Waals surface area contributed by atoms with Gasteiger partial charge in [0.1, 0.15) is 12.1 Å². The third-order valence-corrected chi connectivity index (χ3v) is 4.68. The second-order valence-electron chi connectivity index (χ2n) is 6.41. The minimum Gasteiger partial charge on any atom is -0.452 e. The van der Waals surface area contributed by atoms with Crippen LogP contribution in [0.3, 0.4) is 0 Å². The highest BCUT2D eigenvalue weighted by atomic mass is 19.1. The number of benzene rings is 1. The number of anilines is 1. The minimum absolute atomic E-state index is 0.271. The monoisotopic (exact) mass is 383 g/mol. The number of para-hydroxylation sites is 1. The first-order valence-electron chi connectivity index (χ1n) is 8.85. The van der Waals surface area contributed by atoms with Gasteiger partial charge in [0.2, 0.25) is 0 Å². The fraction of sp³-hybridized carbons (Fsp3) is 0.263. The van der Waals surface area contributed by atoms with Crippen molar-refractivity contribution in [3.63, 3.8) is 0 Å². The summed E-state index contributed by atoms with van der Waals surface area (Å²) in [5.41, 5.74) is 1.45. The molecule has 1 aromatic carbocycles. The smallest absolute Gasteiger partial charge is 0.340 e. The molecule has 3 heterocycles. The number of pyridine rings is 1. The first-order chi connectivity index (χ1) is 13.6. The van der Waals surface area contributed by atoms with Gasteiger partial charge in [-0.05, 0) is 24.3 Å². The SMILES string of the molecule is O=C(OCC(=O)N1CCN(c2ccccc2F)CC1)c1ccc2nncn2c1. The molecule has 4 rings (SSSR count). The van der Waals surface area contributed by atoms with Crippen molar-refractivity contribution in [2.24, 2.45) is 0 Å². The average molecular weight is 383 g/mol. The second kappa shape index (κ2) is 7.63. The number of piperazine rings is 1. The van der Waals surface area contributed by atoms with Gasteiger partial charge in [-0.3, -0.25) is 9.20 Å². The minimum atomic E-state index is -0.589. The number of hydrogen-bond acceptors (Lipinski definition) is 6. The Balaban J connectivity index is 1.30. The molecule has 3 aromatic rings. The molecule has 0 unspecified atom stereocenters. The van der Waals surface area contributed by atoms with Gasteiger partial charge in [0, 0.05) is 32.4 Å². The van der Waals surface area contributed by atoms with Gasteiger partial charge in [-0.2, -0.15) is 0 Å². The number of ether oxygens (including phenoxy) is 1. The summed E-state index contributed by atoms with van der Waals surface area (Å²) >= 11 is 0. The van der Waals surface area contributed by atoms with E-state index in [1.807, 2.05) is 4.90 Å². The van der Waals surface area contributed by atoms with Crippen molar-refractivity contribution in [1.29, 1.82) is 0 Å². The van der Waals surface area contributed by atoms with Crippen LogP contribution in [0, 0.1) is 5.82 Å². The zero-order valence-corrected chi connectivity index (χ0v) is 15.0. The van der Waals surface area contributed by atoms with E-state index >= 15 is 0 Å². The lowest BCUT2D eigenvalue weighted by molar-refractivity contribution is -0.134. The quantitative estimate of drug-likeness (QED) is 0.633. The summed E-state index contributed by atoms with van der Waals surface area (Å²) < 4.78 is 20.6. The third kappa shape index (κ3) is 3.64. The lowest BCUT2D eigenvalue weighted by Crippen LogP contribution is -2.50. The number of rotatable bonds is 4. The molecular formula is C19H18FN5O3. The van der Waals surface area contributed by atoms with Crippen molar-refractivity contribution in [1.82, 2.24) is 19.5 Å². The van der Waals surface area contributed by atoms with Crippen molar-refractivity contribution in [2.75, 3.05) is 37.7 Å². The van der Waals surface area contributed by atoms with Gasteiger partial charge in [-0.15, -0.1) is 10.2 Å². The number of aromatic nitrogens is 3. The summed E-state index contributed by atoms with van der Waals surface area (Å²) in [5.74, 6) is -1.14. The Morgan fingerprint density at radius 3 is 2.64 bits per heavy atom. The molecule has 1 aliphatic heterocycles. The first-order valence-corrected chi connectivity index (χ1v) is 8.85. The van der Waals surface area contributed by atoms with E-state index < -0.39 is 5.97 Å². The molecule has 0 spiro atoms. The predicted octanol–water partition coefficient (Wildman–Crippen LogP) is 1.37. The molecule has 0 aliphatic carbocycles. The molecule has 0 atom stereocenters. The zero-order chi connectivity index (χ0) is 19.5. The molecule has 8 nitrogen and oxygen atoms in total. The van der Waals surface area contributed by atoms with Crippen molar-refractivity contribution < 1.29 is 18.7 Å². The highest BCUT2D eigenvalue weighted by Gasteiger charge is 2.23. The van der Waals surface area contributed by atoms with Crippen molar-refractivity contribution >= 4 is 23.2 Å². The molecule has 0 bridgehead atoms.